The Hall–Kier alpha value is -2.04. The number of ketones is 1. The maximum Gasteiger partial charge on any atom is 0.305 e. The Kier molecular flexibility index (Phi) is 5.17. The van der Waals surface area contributed by atoms with Crippen molar-refractivity contribution in [3.63, 3.8) is 0 Å². The second kappa shape index (κ2) is 6.64. The fourth-order valence-electron chi connectivity index (χ4n) is 1.53. The van der Waals surface area contributed by atoms with Crippen molar-refractivity contribution in [3.05, 3.63) is 23.8 Å². The van der Waals surface area contributed by atoms with E-state index in [1.807, 2.05) is 0 Å². The van der Waals surface area contributed by atoms with Gasteiger partial charge >= 0.3 is 5.97 Å². The van der Waals surface area contributed by atoms with E-state index >= 15 is 0 Å². The van der Waals surface area contributed by atoms with E-state index in [4.69, 9.17) is 4.74 Å². The van der Waals surface area contributed by atoms with E-state index in [1.54, 1.807) is 6.92 Å². The molecule has 1 aromatic carbocycles. The highest BCUT2D eigenvalue weighted by atomic mass is 16.5. The molecule has 18 heavy (non-hydrogen) atoms. The SMILES string of the molecule is CCOC(=O)CCCC(=O)c1cc(O)cc(O)c1. The van der Waals surface area contributed by atoms with Gasteiger partial charge in [0, 0.05) is 24.5 Å². The highest BCUT2D eigenvalue weighted by Crippen LogP contribution is 2.21. The van der Waals surface area contributed by atoms with Gasteiger partial charge in [0.2, 0.25) is 0 Å². The molecule has 0 aliphatic heterocycles. The number of aromatic hydroxyl groups is 2. The number of Topliss-reactive ketones (excluding diaryl/α,β-unsaturated/α-hetero) is 1. The largest absolute Gasteiger partial charge is 0.508 e. The Morgan fingerprint density at radius 3 is 2.28 bits per heavy atom. The van der Waals surface area contributed by atoms with Crippen LogP contribution in [-0.4, -0.2) is 28.6 Å². The monoisotopic (exact) mass is 252 g/mol. The number of hydrogen-bond acceptors (Lipinski definition) is 5. The normalized spacial score (nSPS) is 10.1. The molecule has 5 nitrogen and oxygen atoms in total. The summed E-state index contributed by atoms with van der Waals surface area (Å²) < 4.78 is 4.74. The molecule has 0 aliphatic carbocycles. The molecule has 0 bridgehead atoms. The Bertz CT molecular complexity index is 419. The summed E-state index contributed by atoms with van der Waals surface area (Å²) in [6.07, 6.45) is 0.736. The molecule has 0 saturated carbocycles. The first kappa shape index (κ1) is 14.0. The average molecular weight is 252 g/mol. The topological polar surface area (TPSA) is 83.8 Å². The number of ether oxygens (including phenoxy) is 1. The number of esters is 1. The van der Waals surface area contributed by atoms with E-state index in [9.17, 15) is 19.8 Å². The summed E-state index contributed by atoms with van der Waals surface area (Å²) in [5.74, 6) is -0.887. The van der Waals surface area contributed by atoms with Gasteiger partial charge < -0.3 is 14.9 Å². The van der Waals surface area contributed by atoms with Crippen molar-refractivity contribution in [1.29, 1.82) is 0 Å². The lowest BCUT2D eigenvalue weighted by Crippen LogP contribution is -2.05. The molecule has 0 saturated heterocycles. The maximum atomic E-state index is 11.7. The lowest BCUT2D eigenvalue weighted by molar-refractivity contribution is -0.143. The van der Waals surface area contributed by atoms with Gasteiger partial charge in [-0.1, -0.05) is 0 Å². The van der Waals surface area contributed by atoms with Crippen LogP contribution in [0.2, 0.25) is 0 Å². The lowest BCUT2D eigenvalue weighted by atomic mass is 10.0. The molecule has 0 atom stereocenters. The van der Waals surface area contributed by atoms with Crippen LogP contribution in [-0.2, 0) is 9.53 Å². The molecule has 1 aromatic rings. The molecule has 0 aliphatic rings. The first-order chi connectivity index (χ1) is 8.52. The van der Waals surface area contributed by atoms with Crippen LogP contribution in [0.15, 0.2) is 18.2 Å². The molecule has 98 valence electrons. The Morgan fingerprint density at radius 2 is 1.72 bits per heavy atom. The third-order valence-corrected chi connectivity index (χ3v) is 2.31. The molecule has 2 N–H and O–H groups in total. The standard InChI is InChI=1S/C13H16O5/c1-2-18-13(17)5-3-4-12(16)9-6-10(14)8-11(15)7-9/h6-8,14-15H,2-5H2,1H3. The Morgan fingerprint density at radius 1 is 1.11 bits per heavy atom. The molecule has 0 heterocycles. The minimum absolute atomic E-state index is 0.163. The smallest absolute Gasteiger partial charge is 0.305 e. The van der Waals surface area contributed by atoms with Crippen molar-refractivity contribution >= 4 is 11.8 Å². The molecule has 0 spiro atoms. The van der Waals surface area contributed by atoms with Gasteiger partial charge in [-0.2, -0.15) is 0 Å². The number of carbonyl (C=O) groups is 2. The lowest BCUT2D eigenvalue weighted by Gasteiger charge is -2.03. The number of rotatable bonds is 6. The van der Waals surface area contributed by atoms with Crippen molar-refractivity contribution in [1.82, 2.24) is 0 Å². The molecular formula is C13H16O5. The number of phenolic OH excluding ortho intramolecular Hbond substituents is 2. The fourth-order valence-corrected chi connectivity index (χ4v) is 1.53. The minimum Gasteiger partial charge on any atom is -0.508 e. The van der Waals surface area contributed by atoms with Crippen LogP contribution in [0.25, 0.3) is 0 Å². The Labute approximate surface area is 105 Å². The molecular weight excluding hydrogens is 236 g/mol. The van der Waals surface area contributed by atoms with E-state index in [1.165, 1.54) is 12.1 Å². The first-order valence-corrected chi connectivity index (χ1v) is 5.74. The van der Waals surface area contributed by atoms with Crippen LogP contribution in [0.4, 0.5) is 0 Å². The number of hydrogen-bond donors (Lipinski definition) is 2. The molecule has 0 aromatic heterocycles. The van der Waals surface area contributed by atoms with Crippen LogP contribution in [0.5, 0.6) is 11.5 Å². The first-order valence-electron chi connectivity index (χ1n) is 5.74. The van der Waals surface area contributed by atoms with E-state index < -0.39 is 0 Å². The molecule has 0 unspecified atom stereocenters. The van der Waals surface area contributed by atoms with Crippen LogP contribution < -0.4 is 0 Å². The number of benzene rings is 1. The van der Waals surface area contributed by atoms with E-state index in [-0.39, 0.29) is 41.7 Å². The van der Waals surface area contributed by atoms with Crippen molar-refractivity contribution in [3.8, 4) is 11.5 Å². The predicted octanol–water partition coefficient (Wildman–Crippen LogP) is 2.01. The van der Waals surface area contributed by atoms with Gasteiger partial charge in [0.05, 0.1) is 6.61 Å². The van der Waals surface area contributed by atoms with Crippen LogP contribution in [0.1, 0.15) is 36.5 Å². The van der Waals surface area contributed by atoms with Crippen molar-refractivity contribution < 1.29 is 24.5 Å². The second-order valence-electron chi connectivity index (χ2n) is 3.82. The zero-order valence-electron chi connectivity index (χ0n) is 10.2. The van der Waals surface area contributed by atoms with Gasteiger partial charge in [-0.25, -0.2) is 0 Å². The quantitative estimate of drug-likeness (QED) is 0.597. The van der Waals surface area contributed by atoms with Gasteiger partial charge in [0.15, 0.2) is 5.78 Å². The van der Waals surface area contributed by atoms with E-state index in [0.29, 0.717) is 13.0 Å². The molecule has 5 heteroatoms. The van der Waals surface area contributed by atoms with Crippen molar-refractivity contribution in [2.24, 2.45) is 0 Å². The van der Waals surface area contributed by atoms with Gasteiger partial charge in [-0.3, -0.25) is 9.59 Å². The summed E-state index contributed by atoms with van der Waals surface area (Å²) in [6, 6.07) is 3.72. The van der Waals surface area contributed by atoms with Crippen LogP contribution in [0.3, 0.4) is 0 Å². The van der Waals surface area contributed by atoms with Crippen LogP contribution >= 0.6 is 0 Å². The van der Waals surface area contributed by atoms with Gasteiger partial charge in [-0.15, -0.1) is 0 Å². The summed E-state index contributed by atoms with van der Waals surface area (Å²) in [7, 11) is 0. The minimum atomic E-state index is -0.330. The Balaban J connectivity index is 2.48. The van der Waals surface area contributed by atoms with E-state index in [2.05, 4.69) is 0 Å². The van der Waals surface area contributed by atoms with Crippen molar-refractivity contribution in [2.75, 3.05) is 6.61 Å². The fraction of sp³-hybridized carbons (Fsp3) is 0.385. The maximum absolute atomic E-state index is 11.7. The molecule has 1 rings (SSSR count). The highest BCUT2D eigenvalue weighted by molar-refractivity contribution is 5.97. The number of carbonyl (C=O) groups excluding carboxylic acids is 2. The van der Waals surface area contributed by atoms with Gasteiger partial charge in [-0.05, 0) is 25.5 Å². The zero-order chi connectivity index (χ0) is 13.5. The molecule has 0 radical (unpaired) electrons. The van der Waals surface area contributed by atoms with Gasteiger partial charge in [0.1, 0.15) is 11.5 Å². The summed E-state index contributed by atoms with van der Waals surface area (Å²) in [6.45, 7) is 2.05. The van der Waals surface area contributed by atoms with Gasteiger partial charge in [0.25, 0.3) is 0 Å². The van der Waals surface area contributed by atoms with E-state index in [0.717, 1.165) is 6.07 Å². The summed E-state index contributed by atoms with van der Waals surface area (Å²) in [5.41, 5.74) is 0.233. The number of phenols is 2. The third kappa shape index (κ3) is 4.45. The molecule has 0 amide bonds. The van der Waals surface area contributed by atoms with Crippen molar-refractivity contribution in [2.45, 2.75) is 26.2 Å². The second-order valence-corrected chi connectivity index (χ2v) is 3.82. The third-order valence-electron chi connectivity index (χ3n) is 2.31. The summed E-state index contributed by atoms with van der Waals surface area (Å²) >= 11 is 0. The van der Waals surface area contributed by atoms with Crippen LogP contribution in [0, 0.1) is 0 Å². The predicted molar refractivity (Wildman–Crippen MR) is 64.6 cm³/mol. The zero-order valence-corrected chi connectivity index (χ0v) is 10.2. The summed E-state index contributed by atoms with van der Waals surface area (Å²) in [4.78, 5) is 22.8. The molecule has 0 fully saturated rings. The average Bonchev–Trinajstić information content (AvgIpc) is 2.27. The highest BCUT2D eigenvalue weighted by Gasteiger charge is 2.10. The summed E-state index contributed by atoms with van der Waals surface area (Å²) in [5, 5.41) is 18.5.